The van der Waals surface area contributed by atoms with Crippen LogP contribution < -0.4 is 0 Å². The van der Waals surface area contributed by atoms with Crippen LogP contribution in [0, 0.1) is 0 Å². The molecule has 0 spiro atoms. The Morgan fingerprint density at radius 3 is 2.67 bits per heavy atom. The summed E-state index contributed by atoms with van der Waals surface area (Å²) in [6, 6.07) is 0. The fourth-order valence-electron chi connectivity index (χ4n) is 2.33. The van der Waals surface area contributed by atoms with Gasteiger partial charge in [-0.25, -0.2) is 0 Å². The van der Waals surface area contributed by atoms with Crippen molar-refractivity contribution in [1.82, 2.24) is 4.90 Å². The molecule has 0 bridgehead atoms. The highest BCUT2D eigenvalue weighted by atomic mass is 16.5. The Bertz CT molecular complexity index is 276. The van der Waals surface area contributed by atoms with Crippen LogP contribution in [-0.2, 0) is 4.74 Å². The molecule has 1 aliphatic carbocycles. The summed E-state index contributed by atoms with van der Waals surface area (Å²) in [4.78, 5) is 2.54. The van der Waals surface area contributed by atoms with Crippen LogP contribution in [0.25, 0.3) is 0 Å². The van der Waals surface area contributed by atoms with Gasteiger partial charge in [-0.3, -0.25) is 4.90 Å². The van der Waals surface area contributed by atoms with Gasteiger partial charge in [-0.15, -0.1) is 0 Å². The van der Waals surface area contributed by atoms with Gasteiger partial charge in [0.25, 0.3) is 0 Å². The van der Waals surface area contributed by atoms with E-state index in [1.165, 1.54) is 5.57 Å². The smallest absolute Gasteiger partial charge is 0.0594 e. The second-order valence-corrected chi connectivity index (χ2v) is 4.63. The molecule has 1 saturated heterocycles. The monoisotopic (exact) mass is 207 g/mol. The van der Waals surface area contributed by atoms with Crippen LogP contribution in [0.1, 0.15) is 26.7 Å². The molecule has 15 heavy (non-hydrogen) atoms. The number of nitrogens with zero attached hydrogens (tertiary/aromatic N) is 1. The van der Waals surface area contributed by atoms with Crippen molar-refractivity contribution in [3.05, 3.63) is 23.8 Å². The SMILES string of the molecule is CCC1=CCC(C)(N2CCOCC2)C=C1. The average Bonchev–Trinajstić information content (AvgIpc) is 2.31. The zero-order chi connectivity index (χ0) is 10.7. The van der Waals surface area contributed by atoms with E-state index in [4.69, 9.17) is 4.74 Å². The van der Waals surface area contributed by atoms with Gasteiger partial charge in [-0.2, -0.15) is 0 Å². The number of hydrogen-bond donors (Lipinski definition) is 0. The molecule has 0 saturated carbocycles. The van der Waals surface area contributed by atoms with Crippen LogP contribution in [0.4, 0.5) is 0 Å². The molecule has 0 radical (unpaired) electrons. The van der Waals surface area contributed by atoms with E-state index >= 15 is 0 Å². The van der Waals surface area contributed by atoms with Crippen molar-refractivity contribution in [2.24, 2.45) is 0 Å². The van der Waals surface area contributed by atoms with E-state index in [2.05, 4.69) is 37.0 Å². The van der Waals surface area contributed by atoms with E-state index in [9.17, 15) is 0 Å². The molecule has 2 rings (SSSR count). The first-order chi connectivity index (χ1) is 7.24. The lowest BCUT2D eigenvalue weighted by atomic mass is 9.88. The van der Waals surface area contributed by atoms with Crippen molar-refractivity contribution in [2.75, 3.05) is 26.3 Å². The maximum absolute atomic E-state index is 5.40. The van der Waals surface area contributed by atoms with E-state index in [0.717, 1.165) is 39.1 Å². The van der Waals surface area contributed by atoms with Crippen LogP contribution in [0.15, 0.2) is 23.8 Å². The zero-order valence-electron chi connectivity index (χ0n) is 9.83. The lowest BCUT2D eigenvalue weighted by Gasteiger charge is -2.42. The normalized spacial score (nSPS) is 32.8. The van der Waals surface area contributed by atoms with Crippen LogP contribution in [0.2, 0.25) is 0 Å². The highest BCUT2D eigenvalue weighted by Gasteiger charge is 2.30. The second-order valence-electron chi connectivity index (χ2n) is 4.63. The van der Waals surface area contributed by atoms with E-state index < -0.39 is 0 Å². The third-order valence-corrected chi connectivity index (χ3v) is 3.58. The van der Waals surface area contributed by atoms with Crippen molar-refractivity contribution >= 4 is 0 Å². The zero-order valence-corrected chi connectivity index (χ0v) is 9.83. The van der Waals surface area contributed by atoms with Crippen LogP contribution >= 0.6 is 0 Å². The Morgan fingerprint density at radius 1 is 1.40 bits per heavy atom. The molecule has 1 unspecified atom stereocenters. The maximum atomic E-state index is 5.40. The summed E-state index contributed by atoms with van der Waals surface area (Å²) in [6.07, 6.45) is 9.34. The predicted molar refractivity (Wildman–Crippen MR) is 62.9 cm³/mol. The molecule has 2 nitrogen and oxygen atoms in total. The molecule has 1 heterocycles. The number of morpholine rings is 1. The summed E-state index contributed by atoms with van der Waals surface area (Å²) < 4.78 is 5.40. The molecular weight excluding hydrogens is 186 g/mol. The van der Waals surface area contributed by atoms with Crippen LogP contribution in [0.3, 0.4) is 0 Å². The first-order valence-electron chi connectivity index (χ1n) is 5.96. The molecule has 0 amide bonds. The minimum Gasteiger partial charge on any atom is -0.379 e. The molecule has 0 aromatic heterocycles. The van der Waals surface area contributed by atoms with E-state index in [1.807, 2.05) is 0 Å². The first kappa shape index (κ1) is 10.9. The van der Waals surface area contributed by atoms with Crippen molar-refractivity contribution in [2.45, 2.75) is 32.2 Å². The summed E-state index contributed by atoms with van der Waals surface area (Å²) in [5, 5.41) is 0. The first-order valence-corrected chi connectivity index (χ1v) is 5.96. The summed E-state index contributed by atoms with van der Waals surface area (Å²) in [5.74, 6) is 0. The quantitative estimate of drug-likeness (QED) is 0.689. The molecule has 1 fully saturated rings. The lowest BCUT2D eigenvalue weighted by Crippen LogP contribution is -2.50. The summed E-state index contributed by atoms with van der Waals surface area (Å²) in [6.45, 7) is 8.44. The number of rotatable bonds is 2. The fraction of sp³-hybridized carbons (Fsp3) is 0.692. The minimum absolute atomic E-state index is 0.225. The van der Waals surface area contributed by atoms with Crippen molar-refractivity contribution in [3.8, 4) is 0 Å². The second kappa shape index (κ2) is 4.50. The van der Waals surface area contributed by atoms with Gasteiger partial charge in [-0.1, -0.05) is 30.7 Å². The Morgan fingerprint density at radius 2 is 2.13 bits per heavy atom. The predicted octanol–water partition coefficient (Wildman–Crippen LogP) is 2.37. The minimum atomic E-state index is 0.225. The topological polar surface area (TPSA) is 12.5 Å². The van der Waals surface area contributed by atoms with Crippen molar-refractivity contribution in [3.63, 3.8) is 0 Å². The molecular formula is C13H21NO. The lowest BCUT2D eigenvalue weighted by molar-refractivity contribution is -0.0000785. The summed E-state index contributed by atoms with van der Waals surface area (Å²) in [7, 11) is 0. The van der Waals surface area contributed by atoms with E-state index in [1.54, 1.807) is 0 Å². The van der Waals surface area contributed by atoms with E-state index in [-0.39, 0.29) is 5.54 Å². The molecule has 2 heteroatoms. The summed E-state index contributed by atoms with van der Waals surface area (Å²) in [5.41, 5.74) is 1.70. The van der Waals surface area contributed by atoms with Gasteiger partial charge in [-0.05, 0) is 19.8 Å². The van der Waals surface area contributed by atoms with Crippen LogP contribution in [-0.4, -0.2) is 36.7 Å². The van der Waals surface area contributed by atoms with Crippen LogP contribution in [0.5, 0.6) is 0 Å². The van der Waals surface area contributed by atoms with Crippen molar-refractivity contribution < 1.29 is 4.74 Å². The van der Waals surface area contributed by atoms with Gasteiger partial charge >= 0.3 is 0 Å². The molecule has 1 atom stereocenters. The van der Waals surface area contributed by atoms with Crippen molar-refractivity contribution in [1.29, 1.82) is 0 Å². The van der Waals surface area contributed by atoms with Gasteiger partial charge < -0.3 is 4.74 Å². The molecule has 0 N–H and O–H groups in total. The van der Waals surface area contributed by atoms with Gasteiger partial charge in [0.1, 0.15) is 0 Å². The Balaban J connectivity index is 2.03. The molecule has 1 aliphatic heterocycles. The number of hydrogen-bond acceptors (Lipinski definition) is 2. The Labute approximate surface area is 92.6 Å². The molecule has 84 valence electrons. The number of allylic oxidation sites excluding steroid dienone is 2. The van der Waals surface area contributed by atoms with E-state index in [0.29, 0.717) is 0 Å². The maximum Gasteiger partial charge on any atom is 0.0594 e. The van der Waals surface area contributed by atoms with Gasteiger partial charge in [0.15, 0.2) is 0 Å². The fourth-order valence-corrected chi connectivity index (χ4v) is 2.33. The highest BCUT2D eigenvalue weighted by Crippen LogP contribution is 2.28. The third kappa shape index (κ3) is 2.32. The Kier molecular flexibility index (Phi) is 3.27. The highest BCUT2D eigenvalue weighted by molar-refractivity contribution is 5.28. The molecule has 0 aromatic carbocycles. The average molecular weight is 207 g/mol. The van der Waals surface area contributed by atoms with Gasteiger partial charge in [0.05, 0.1) is 13.2 Å². The summed E-state index contributed by atoms with van der Waals surface area (Å²) >= 11 is 0. The molecule has 0 aromatic rings. The third-order valence-electron chi connectivity index (χ3n) is 3.58. The standard InChI is InChI=1S/C13H21NO/c1-3-12-4-6-13(2,7-5-12)14-8-10-15-11-9-14/h4-6H,3,7-11H2,1-2H3. The molecule has 2 aliphatic rings. The Hall–Kier alpha value is -0.600. The van der Waals surface area contributed by atoms with Gasteiger partial charge in [0.2, 0.25) is 0 Å². The van der Waals surface area contributed by atoms with Gasteiger partial charge in [0, 0.05) is 18.6 Å². The largest absolute Gasteiger partial charge is 0.379 e. The number of ether oxygens (including phenoxy) is 1.